The number of nitrogens with zero attached hydrogens (tertiary/aromatic N) is 4. The van der Waals surface area contributed by atoms with Gasteiger partial charge in [-0.2, -0.15) is 16.7 Å². The van der Waals surface area contributed by atoms with E-state index in [1.165, 1.54) is 18.5 Å². The van der Waals surface area contributed by atoms with Crippen LogP contribution in [0.5, 0.6) is 5.88 Å². The van der Waals surface area contributed by atoms with Gasteiger partial charge in [0.2, 0.25) is 11.8 Å². The molecule has 3 heterocycles. The van der Waals surface area contributed by atoms with Crippen molar-refractivity contribution in [3.05, 3.63) is 57.9 Å². The number of thioether (sulfide) groups is 1. The van der Waals surface area contributed by atoms with E-state index in [-0.39, 0.29) is 17.9 Å². The summed E-state index contributed by atoms with van der Waals surface area (Å²) in [6, 6.07) is 1.38. The van der Waals surface area contributed by atoms with Crippen LogP contribution in [-0.4, -0.2) is 47.3 Å². The molecular formula is C16H19N7O2S. The molecule has 0 atom stereocenters. The molecule has 0 aliphatic heterocycles. The average molecular weight is 373 g/mol. The van der Waals surface area contributed by atoms with Gasteiger partial charge in [0.05, 0.1) is 12.0 Å². The summed E-state index contributed by atoms with van der Waals surface area (Å²) < 4.78 is 0. The Labute approximate surface area is 153 Å². The van der Waals surface area contributed by atoms with E-state index < -0.39 is 0 Å². The SMILES string of the molecule is Cc1[nH]cnc1CSCCNc1ncc(Cc2nccc(O)n2)c(=O)[nH]1. The van der Waals surface area contributed by atoms with Crippen molar-refractivity contribution in [2.75, 3.05) is 17.6 Å². The van der Waals surface area contributed by atoms with E-state index in [0.29, 0.717) is 23.9 Å². The minimum atomic E-state index is -0.255. The summed E-state index contributed by atoms with van der Waals surface area (Å²) in [6.07, 6.45) is 4.84. The zero-order valence-corrected chi connectivity index (χ0v) is 15.0. The predicted octanol–water partition coefficient (Wildman–Crippen LogP) is 1.23. The van der Waals surface area contributed by atoms with Gasteiger partial charge in [-0.05, 0) is 6.92 Å². The Balaban J connectivity index is 1.48. The van der Waals surface area contributed by atoms with Gasteiger partial charge in [0.1, 0.15) is 5.82 Å². The van der Waals surface area contributed by atoms with Crippen LogP contribution in [0.25, 0.3) is 0 Å². The van der Waals surface area contributed by atoms with Gasteiger partial charge in [-0.3, -0.25) is 9.78 Å². The van der Waals surface area contributed by atoms with Gasteiger partial charge in [-0.15, -0.1) is 0 Å². The highest BCUT2D eigenvalue weighted by Gasteiger charge is 2.07. The van der Waals surface area contributed by atoms with Crippen LogP contribution in [0, 0.1) is 6.92 Å². The first-order valence-electron chi connectivity index (χ1n) is 8.01. The molecule has 0 saturated heterocycles. The maximum Gasteiger partial charge on any atom is 0.255 e. The number of H-pyrrole nitrogens is 2. The summed E-state index contributed by atoms with van der Waals surface area (Å²) in [6.45, 7) is 2.67. The second-order valence-corrected chi connectivity index (χ2v) is 6.65. The van der Waals surface area contributed by atoms with E-state index in [1.54, 1.807) is 18.1 Å². The van der Waals surface area contributed by atoms with Gasteiger partial charge in [-0.25, -0.2) is 15.0 Å². The summed E-state index contributed by atoms with van der Waals surface area (Å²) in [5.74, 6) is 2.36. The summed E-state index contributed by atoms with van der Waals surface area (Å²) in [5.41, 5.74) is 2.32. The molecule has 136 valence electrons. The molecule has 0 spiro atoms. The van der Waals surface area contributed by atoms with Crippen molar-refractivity contribution in [1.29, 1.82) is 0 Å². The van der Waals surface area contributed by atoms with Gasteiger partial charge in [0, 0.05) is 54.2 Å². The van der Waals surface area contributed by atoms with E-state index in [1.807, 2.05) is 6.92 Å². The molecular weight excluding hydrogens is 354 g/mol. The smallest absolute Gasteiger partial charge is 0.255 e. The molecule has 0 bridgehead atoms. The second-order valence-electron chi connectivity index (χ2n) is 5.55. The normalized spacial score (nSPS) is 10.8. The Morgan fingerprint density at radius 1 is 1.31 bits per heavy atom. The van der Waals surface area contributed by atoms with Crippen molar-refractivity contribution in [3.8, 4) is 5.88 Å². The Hall–Kier alpha value is -2.88. The number of hydrogen-bond acceptors (Lipinski definition) is 8. The third kappa shape index (κ3) is 4.82. The van der Waals surface area contributed by atoms with Crippen LogP contribution in [0.1, 0.15) is 22.8 Å². The number of aromatic nitrogens is 6. The number of anilines is 1. The summed E-state index contributed by atoms with van der Waals surface area (Å²) in [4.78, 5) is 34.2. The summed E-state index contributed by atoms with van der Waals surface area (Å²) in [5, 5.41) is 12.4. The lowest BCUT2D eigenvalue weighted by molar-refractivity contribution is 0.449. The molecule has 3 aromatic rings. The number of aromatic amines is 2. The van der Waals surface area contributed by atoms with E-state index >= 15 is 0 Å². The molecule has 0 amide bonds. The van der Waals surface area contributed by atoms with E-state index in [4.69, 9.17) is 0 Å². The fourth-order valence-corrected chi connectivity index (χ4v) is 3.10. The van der Waals surface area contributed by atoms with Crippen molar-refractivity contribution in [1.82, 2.24) is 29.9 Å². The van der Waals surface area contributed by atoms with Crippen LogP contribution in [0.15, 0.2) is 29.6 Å². The average Bonchev–Trinajstić information content (AvgIpc) is 3.02. The van der Waals surface area contributed by atoms with E-state index in [2.05, 4.69) is 35.2 Å². The lowest BCUT2D eigenvalue weighted by Crippen LogP contribution is -2.18. The number of hydrogen-bond donors (Lipinski definition) is 4. The number of aromatic hydroxyl groups is 1. The van der Waals surface area contributed by atoms with E-state index in [9.17, 15) is 9.90 Å². The van der Waals surface area contributed by atoms with Crippen molar-refractivity contribution < 1.29 is 5.11 Å². The Morgan fingerprint density at radius 3 is 2.92 bits per heavy atom. The van der Waals surface area contributed by atoms with Gasteiger partial charge in [-0.1, -0.05) is 0 Å². The maximum absolute atomic E-state index is 12.1. The first-order valence-corrected chi connectivity index (χ1v) is 9.17. The Bertz CT molecular complexity index is 925. The minimum Gasteiger partial charge on any atom is -0.493 e. The predicted molar refractivity (Wildman–Crippen MR) is 99.3 cm³/mol. The largest absolute Gasteiger partial charge is 0.493 e. The third-order valence-corrected chi connectivity index (χ3v) is 4.59. The molecule has 3 rings (SSSR count). The highest BCUT2D eigenvalue weighted by molar-refractivity contribution is 7.98. The molecule has 0 unspecified atom stereocenters. The number of aryl methyl sites for hydroxylation is 1. The second kappa shape index (κ2) is 8.48. The quantitative estimate of drug-likeness (QED) is 0.434. The first-order chi connectivity index (χ1) is 12.6. The molecule has 0 aliphatic rings. The molecule has 9 nitrogen and oxygen atoms in total. The number of imidazole rings is 1. The van der Waals surface area contributed by atoms with E-state index in [0.717, 1.165) is 22.9 Å². The Morgan fingerprint density at radius 2 is 2.19 bits per heavy atom. The molecule has 0 saturated carbocycles. The summed E-state index contributed by atoms with van der Waals surface area (Å²) in [7, 11) is 0. The minimum absolute atomic E-state index is 0.125. The molecule has 3 aromatic heterocycles. The fourth-order valence-electron chi connectivity index (χ4n) is 2.22. The van der Waals surface area contributed by atoms with Crippen LogP contribution in [0.4, 0.5) is 5.95 Å². The van der Waals surface area contributed by atoms with Gasteiger partial charge < -0.3 is 15.4 Å². The molecule has 4 N–H and O–H groups in total. The molecule has 10 heteroatoms. The Kier molecular flexibility index (Phi) is 5.84. The molecule has 0 aliphatic carbocycles. The van der Waals surface area contributed by atoms with Crippen LogP contribution in [-0.2, 0) is 12.2 Å². The highest BCUT2D eigenvalue weighted by Crippen LogP contribution is 2.12. The maximum atomic E-state index is 12.1. The lowest BCUT2D eigenvalue weighted by Gasteiger charge is -2.06. The monoisotopic (exact) mass is 373 g/mol. The summed E-state index contributed by atoms with van der Waals surface area (Å²) >= 11 is 1.75. The van der Waals surface area contributed by atoms with Crippen molar-refractivity contribution in [2.24, 2.45) is 0 Å². The van der Waals surface area contributed by atoms with Crippen LogP contribution in [0.3, 0.4) is 0 Å². The van der Waals surface area contributed by atoms with Gasteiger partial charge in [0.15, 0.2) is 0 Å². The standard InChI is InChI=1S/C16H19N7O2S/c1-10-12(21-9-20-10)8-26-5-4-18-16-19-7-11(15(25)23-16)6-13-17-3-2-14(24)22-13/h2-3,7,9H,4-6,8H2,1H3,(H,20,21)(H,17,22,24)(H2,18,19,23,25). The highest BCUT2D eigenvalue weighted by atomic mass is 32.2. The van der Waals surface area contributed by atoms with Crippen molar-refractivity contribution >= 4 is 17.7 Å². The van der Waals surface area contributed by atoms with Gasteiger partial charge in [0.25, 0.3) is 5.56 Å². The molecule has 0 radical (unpaired) electrons. The van der Waals surface area contributed by atoms with Crippen LogP contribution in [0.2, 0.25) is 0 Å². The molecule has 26 heavy (non-hydrogen) atoms. The van der Waals surface area contributed by atoms with Gasteiger partial charge >= 0.3 is 0 Å². The molecule has 0 fully saturated rings. The van der Waals surface area contributed by atoms with Crippen molar-refractivity contribution in [2.45, 2.75) is 19.1 Å². The first kappa shape index (κ1) is 17.9. The zero-order valence-electron chi connectivity index (χ0n) is 14.2. The molecule has 0 aromatic carbocycles. The fraction of sp³-hybridized carbons (Fsp3) is 0.312. The zero-order chi connectivity index (χ0) is 18.4. The number of nitrogens with one attached hydrogen (secondary N) is 3. The topological polar surface area (TPSA) is 132 Å². The number of rotatable bonds is 8. The van der Waals surface area contributed by atoms with Crippen LogP contribution < -0.4 is 10.9 Å². The van der Waals surface area contributed by atoms with Crippen LogP contribution >= 0.6 is 11.8 Å². The van der Waals surface area contributed by atoms with Crippen molar-refractivity contribution in [3.63, 3.8) is 0 Å². The third-order valence-electron chi connectivity index (χ3n) is 3.62. The lowest BCUT2D eigenvalue weighted by atomic mass is 10.2.